The fraction of sp³-hybridized carbons (Fsp3) is 0.522. The monoisotopic (exact) mass is 342 g/mol. The lowest BCUT2D eigenvalue weighted by Crippen LogP contribution is -2.11. The molecule has 0 radical (unpaired) electrons. The van der Waals surface area contributed by atoms with Crippen molar-refractivity contribution >= 4 is 5.97 Å². The first-order valence-corrected chi connectivity index (χ1v) is 9.46. The Balaban J connectivity index is 2.13. The number of rotatable bonds is 11. The first-order chi connectivity index (χ1) is 12.0. The average Bonchev–Trinajstić information content (AvgIpc) is 2.55. The standard InChI is InChI=1S/C23H34O2/c1-19(2)10-8-11-20(3)12-9-13-21(4)16-17-25-23(24)18-22-14-6-5-7-15-22/h5-7,10,12,14-15,21H,8-9,11,13,16-18H2,1-4H3/b20-12+. The molecule has 0 aromatic heterocycles. The number of hydrogen-bond acceptors (Lipinski definition) is 2. The average molecular weight is 343 g/mol. The second kappa shape index (κ2) is 12.5. The Hall–Kier alpha value is -1.83. The highest BCUT2D eigenvalue weighted by Gasteiger charge is 2.06. The Morgan fingerprint density at radius 3 is 2.44 bits per heavy atom. The summed E-state index contributed by atoms with van der Waals surface area (Å²) in [6.45, 7) is 9.27. The van der Waals surface area contributed by atoms with E-state index < -0.39 is 0 Å². The Bertz CT molecular complexity index is 551. The molecule has 0 heterocycles. The molecule has 0 bridgehead atoms. The molecule has 25 heavy (non-hydrogen) atoms. The number of allylic oxidation sites excluding steroid dienone is 4. The lowest BCUT2D eigenvalue weighted by atomic mass is 10.0. The van der Waals surface area contributed by atoms with Crippen LogP contribution in [0.2, 0.25) is 0 Å². The zero-order valence-electron chi connectivity index (χ0n) is 16.4. The van der Waals surface area contributed by atoms with E-state index in [4.69, 9.17) is 4.74 Å². The maximum absolute atomic E-state index is 11.8. The molecule has 1 atom stereocenters. The van der Waals surface area contributed by atoms with Crippen LogP contribution in [0, 0.1) is 5.92 Å². The normalized spacial score (nSPS) is 12.6. The highest BCUT2D eigenvalue weighted by molar-refractivity contribution is 5.72. The van der Waals surface area contributed by atoms with Crippen molar-refractivity contribution in [1.82, 2.24) is 0 Å². The summed E-state index contributed by atoms with van der Waals surface area (Å²) in [6, 6.07) is 9.75. The van der Waals surface area contributed by atoms with E-state index in [1.165, 1.54) is 11.1 Å². The zero-order chi connectivity index (χ0) is 18.5. The maximum atomic E-state index is 11.8. The van der Waals surface area contributed by atoms with Crippen molar-refractivity contribution in [3.63, 3.8) is 0 Å². The number of carbonyl (C=O) groups is 1. The van der Waals surface area contributed by atoms with Gasteiger partial charge in [-0.05, 0) is 64.4 Å². The van der Waals surface area contributed by atoms with E-state index in [2.05, 4.69) is 39.8 Å². The molecular formula is C23H34O2. The number of carbonyl (C=O) groups excluding carboxylic acids is 1. The molecule has 0 saturated heterocycles. The van der Waals surface area contributed by atoms with Crippen LogP contribution >= 0.6 is 0 Å². The van der Waals surface area contributed by atoms with Gasteiger partial charge in [0.2, 0.25) is 0 Å². The van der Waals surface area contributed by atoms with Gasteiger partial charge in [-0.1, -0.05) is 60.6 Å². The molecule has 2 heteroatoms. The second-order valence-electron chi connectivity index (χ2n) is 7.22. The molecule has 1 aromatic rings. The maximum Gasteiger partial charge on any atom is 0.310 e. The summed E-state index contributed by atoms with van der Waals surface area (Å²) in [7, 11) is 0. The van der Waals surface area contributed by atoms with E-state index in [9.17, 15) is 4.79 Å². The van der Waals surface area contributed by atoms with E-state index >= 15 is 0 Å². The quantitative estimate of drug-likeness (QED) is 0.350. The van der Waals surface area contributed by atoms with Gasteiger partial charge >= 0.3 is 5.97 Å². The summed E-state index contributed by atoms with van der Waals surface area (Å²) in [5.74, 6) is 0.444. The molecule has 0 fully saturated rings. The zero-order valence-corrected chi connectivity index (χ0v) is 16.4. The van der Waals surface area contributed by atoms with Crippen molar-refractivity contribution in [2.24, 2.45) is 5.92 Å². The smallest absolute Gasteiger partial charge is 0.310 e. The topological polar surface area (TPSA) is 26.3 Å². The minimum Gasteiger partial charge on any atom is -0.465 e. The van der Waals surface area contributed by atoms with Gasteiger partial charge in [0.1, 0.15) is 0 Å². The highest BCUT2D eigenvalue weighted by Crippen LogP contribution is 2.14. The van der Waals surface area contributed by atoms with Crippen LogP contribution in [0.3, 0.4) is 0 Å². The van der Waals surface area contributed by atoms with Crippen LogP contribution in [0.1, 0.15) is 65.4 Å². The van der Waals surface area contributed by atoms with Crippen LogP contribution in [0.4, 0.5) is 0 Å². The molecule has 0 amide bonds. The number of esters is 1. The molecule has 1 aromatic carbocycles. The summed E-state index contributed by atoms with van der Waals surface area (Å²) in [5.41, 5.74) is 3.87. The summed E-state index contributed by atoms with van der Waals surface area (Å²) < 4.78 is 5.36. The lowest BCUT2D eigenvalue weighted by Gasteiger charge is -2.11. The fourth-order valence-corrected chi connectivity index (χ4v) is 2.64. The third-order valence-corrected chi connectivity index (χ3v) is 4.31. The van der Waals surface area contributed by atoms with Gasteiger partial charge in [-0.15, -0.1) is 0 Å². The molecule has 0 aliphatic rings. The van der Waals surface area contributed by atoms with Crippen molar-refractivity contribution in [1.29, 1.82) is 0 Å². The van der Waals surface area contributed by atoms with Crippen molar-refractivity contribution in [3.05, 3.63) is 59.2 Å². The Kier molecular flexibility index (Phi) is 10.6. The van der Waals surface area contributed by atoms with Gasteiger partial charge < -0.3 is 4.74 Å². The minimum absolute atomic E-state index is 0.131. The third-order valence-electron chi connectivity index (χ3n) is 4.31. The van der Waals surface area contributed by atoms with Gasteiger partial charge in [-0.3, -0.25) is 4.79 Å². The molecule has 0 aliphatic carbocycles. The molecule has 0 aliphatic heterocycles. The van der Waals surface area contributed by atoms with Crippen molar-refractivity contribution in [3.8, 4) is 0 Å². The number of benzene rings is 1. The first kappa shape index (κ1) is 21.2. The molecular weight excluding hydrogens is 308 g/mol. The van der Waals surface area contributed by atoms with Gasteiger partial charge in [-0.2, -0.15) is 0 Å². The molecule has 0 N–H and O–H groups in total. The van der Waals surface area contributed by atoms with E-state index in [-0.39, 0.29) is 5.97 Å². The van der Waals surface area contributed by atoms with Gasteiger partial charge in [0.15, 0.2) is 0 Å². The van der Waals surface area contributed by atoms with Gasteiger partial charge in [0.25, 0.3) is 0 Å². The third kappa shape index (κ3) is 11.4. The van der Waals surface area contributed by atoms with Crippen molar-refractivity contribution < 1.29 is 9.53 Å². The van der Waals surface area contributed by atoms with Crippen molar-refractivity contribution in [2.45, 2.75) is 66.2 Å². The fourth-order valence-electron chi connectivity index (χ4n) is 2.64. The van der Waals surface area contributed by atoms with Crippen LogP contribution < -0.4 is 0 Å². The van der Waals surface area contributed by atoms with Crippen LogP contribution in [-0.4, -0.2) is 12.6 Å². The molecule has 1 unspecified atom stereocenters. The summed E-state index contributed by atoms with van der Waals surface area (Å²) >= 11 is 0. The largest absolute Gasteiger partial charge is 0.465 e. The minimum atomic E-state index is -0.131. The van der Waals surface area contributed by atoms with E-state index in [1.54, 1.807) is 0 Å². The van der Waals surface area contributed by atoms with Crippen LogP contribution in [-0.2, 0) is 16.0 Å². The summed E-state index contributed by atoms with van der Waals surface area (Å²) in [5, 5.41) is 0. The van der Waals surface area contributed by atoms with Gasteiger partial charge in [0.05, 0.1) is 13.0 Å². The summed E-state index contributed by atoms with van der Waals surface area (Å²) in [4.78, 5) is 11.8. The predicted octanol–water partition coefficient (Wildman–Crippen LogP) is 6.27. The van der Waals surface area contributed by atoms with Gasteiger partial charge in [-0.25, -0.2) is 0 Å². The Morgan fingerprint density at radius 2 is 1.76 bits per heavy atom. The lowest BCUT2D eigenvalue weighted by molar-refractivity contribution is -0.143. The van der Waals surface area contributed by atoms with Crippen LogP contribution in [0.25, 0.3) is 0 Å². The Morgan fingerprint density at radius 1 is 1.04 bits per heavy atom. The SMILES string of the molecule is CC(C)=CCC/C(C)=C/CCC(C)CCOC(=O)Cc1ccccc1. The highest BCUT2D eigenvalue weighted by atomic mass is 16.5. The van der Waals surface area contributed by atoms with E-state index in [0.29, 0.717) is 18.9 Å². The number of hydrogen-bond donors (Lipinski definition) is 0. The summed E-state index contributed by atoms with van der Waals surface area (Å²) in [6.07, 6.45) is 10.5. The van der Waals surface area contributed by atoms with E-state index in [1.807, 2.05) is 30.3 Å². The second-order valence-corrected chi connectivity index (χ2v) is 7.22. The Labute approximate surface area is 154 Å². The molecule has 1 rings (SSSR count). The van der Waals surface area contributed by atoms with Crippen molar-refractivity contribution in [2.75, 3.05) is 6.61 Å². The van der Waals surface area contributed by atoms with Gasteiger partial charge in [0, 0.05) is 0 Å². The molecule has 2 nitrogen and oxygen atoms in total. The van der Waals surface area contributed by atoms with Crippen LogP contribution in [0.15, 0.2) is 53.6 Å². The number of ether oxygens (including phenoxy) is 1. The first-order valence-electron chi connectivity index (χ1n) is 9.46. The predicted molar refractivity (Wildman–Crippen MR) is 107 cm³/mol. The van der Waals surface area contributed by atoms with E-state index in [0.717, 1.165) is 37.7 Å². The molecule has 0 spiro atoms. The molecule has 0 saturated carbocycles. The van der Waals surface area contributed by atoms with Crippen LogP contribution in [0.5, 0.6) is 0 Å². The molecule has 138 valence electrons.